The van der Waals surface area contributed by atoms with Crippen LogP contribution in [0.15, 0.2) is 29.8 Å². The van der Waals surface area contributed by atoms with Crippen LogP contribution in [0.1, 0.15) is 58.1 Å². The van der Waals surface area contributed by atoms with Crippen LogP contribution in [-0.4, -0.2) is 44.8 Å². The quantitative estimate of drug-likeness (QED) is 0.212. The molecule has 10 nitrogen and oxygen atoms in total. The monoisotopic (exact) mass is 617 g/mol. The highest BCUT2D eigenvalue weighted by Crippen LogP contribution is 2.37. The number of piperidine rings is 1. The van der Waals surface area contributed by atoms with Crippen molar-refractivity contribution in [3.63, 3.8) is 0 Å². The number of aromatic nitrogens is 3. The zero-order valence-electron chi connectivity index (χ0n) is 22.0. The average Bonchev–Trinajstić information content (AvgIpc) is 3.55. The van der Waals surface area contributed by atoms with Gasteiger partial charge in [-0.2, -0.15) is 31.4 Å². The Kier molecular flexibility index (Phi) is 8.17. The summed E-state index contributed by atoms with van der Waals surface area (Å²) in [5.41, 5.74) is -1.15. The van der Waals surface area contributed by atoms with Crippen molar-refractivity contribution in [1.82, 2.24) is 30.3 Å². The second kappa shape index (κ2) is 11.5. The van der Waals surface area contributed by atoms with Gasteiger partial charge >= 0.3 is 12.4 Å². The number of nitrogens with zero attached hydrogens (tertiary/aromatic N) is 5. The second-order valence-corrected chi connectivity index (χ2v) is 10.7. The number of hydrogen-bond acceptors (Lipinski definition) is 9. The zero-order chi connectivity index (χ0) is 30.2. The number of rotatable bonds is 6. The first-order valence-electron chi connectivity index (χ1n) is 12.8. The fourth-order valence-corrected chi connectivity index (χ4v) is 6.05. The average molecular weight is 618 g/mol. The Morgan fingerprint density at radius 1 is 1.07 bits per heavy atom. The predicted molar refractivity (Wildman–Crippen MR) is 139 cm³/mol. The maximum Gasteiger partial charge on any atom is 0.435 e. The summed E-state index contributed by atoms with van der Waals surface area (Å²) in [5.74, 6) is 0.637. The van der Waals surface area contributed by atoms with Crippen LogP contribution >= 0.6 is 11.3 Å². The van der Waals surface area contributed by atoms with E-state index >= 15 is 0 Å². The van der Waals surface area contributed by atoms with Crippen LogP contribution in [-0.2, 0) is 25.4 Å². The second-order valence-electron chi connectivity index (χ2n) is 9.77. The molecule has 1 unspecified atom stereocenters. The number of alkyl halides is 6. The number of methoxy groups -OCH3 is 1. The first-order valence-corrected chi connectivity index (χ1v) is 13.6. The highest BCUT2D eigenvalue weighted by molar-refractivity contribution is 7.09. The van der Waals surface area contributed by atoms with Crippen molar-refractivity contribution in [3.8, 4) is 5.75 Å². The van der Waals surface area contributed by atoms with E-state index in [1.165, 1.54) is 30.7 Å². The molecule has 0 aliphatic carbocycles. The lowest BCUT2D eigenvalue weighted by molar-refractivity contribution is -0.385. The number of halogens is 6. The van der Waals surface area contributed by atoms with Crippen LogP contribution in [0.3, 0.4) is 0 Å². The first kappa shape index (κ1) is 29.8. The molecule has 0 spiro atoms. The van der Waals surface area contributed by atoms with Crippen molar-refractivity contribution >= 4 is 23.2 Å². The highest BCUT2D eigenvalue weighted by Gasteiger charge is 2.41. The lowest BCUT2D eigenvalue weighted by Crippen LogP contribution is -2.31. The van der Waals surface area contributed by atoms with E-state index in [9.17, 15) is 36.5 Å². The molecule has 2 N–H and O–H groups in total. The maximum absolute atomic E-state index is 13.2. The molecule has 0 amide bonds. The standard InChI is InChI=1S/C25H25F6N7O3S/c1-41-19-3-2-18(38(39)40)15-11-32-22(33-12-16(15)19)17-13-42-23(34-17)14-4-6-36(7-5-14)8-9-37-21(25(29,30)31)10-20(35-37)24(26,27)28/h2-3,8-10,13-14,22,32-33H,4-7,11-12H2,1H3. The Morgan fingerprint density at radius 3 is 2.38 bits per heavy atom. The Morgan fingerprint density at radius 2 is 1.76 bits per heavy atom. The van der Waals surface area contributed by atoms with Gasteiger partial charge in [0.2, 0.25) is 0 Å². The van der Waals surface area contributed by atoms with Gasteiger partial charge in [0.1, 0.15) is 17.6 Å². The molecular formula is C25H25F6N7O3S. The number of nitrogens with one attached hydrogen (secondary N) is 2. The molecule has 1 saturated heterocycles. The van der Waals surface area contributed by atoms with Gasteiger partial charge in [-0.1, -0.05) is 0 Å². The zero-order valence-corrected chi connectivity index (χ0v) is 22.8. The molecule has 2 aliphatic rings. The van der Waals surface area contributed by atoms with Gasteiger partial charge in [-0.3, -0.25) is 20.7 Å². The topological polar surface area (TPSA) is 110 Å². The molecule has 1 fully saturated rings. The minimum absolute atomic E-state index is 0.00325. The van der Waals surface area contributed by atoms with Gasteiger partial charge in [-0.15, -0.1) is 11.3 Å². The summed E-state index contributed by atoms with van der Waals surface area (Å²) in [6.45, 7) is 1.48. The highest BCUT2D eigenvalue weighted by atomic mass is 32.1. The van der Waals surface area contributed by atoms with Crippen LogP contribution in [0.2, 0.25) is 0 Å². The molecule has 0 saturated carbocycles. The van der Waals surface area contributed by atoms with Gasteiger partial charge in [0.25, 0.3) is 5.69 Å². The largest absolute Gasteiger partial charge is 0.496 e. The fraction of sp³-hybridized carbons (Fsp3) is 0.440. The van der Waals surface area contributed by atoms with E-state index in [2.05, 4.69) is 15.7 Å². The molecule has 4 heterocycles. The van der Waals surface area contributed by atoms with Crippen molar-refractivity contribution in [2.45, 2.75) is 50.4 Å². The summed E-state index contributed by atoms with van der Waals surface area (Å²) in [6, 6.07) is 2.99. The number of nitro groups is 1. The minimum Gasteiger partial charge on any atom is -0.496 e. The third-order valence-electron chi connectivity index (χ3n) is 7.20. The third kappa shape index (κ3) is 6.22. The molecule has 0 radical (unpaired) electrons. The fourth-order valence-electron chi connectivity index (χ4n) is 5.03. The first-order chi connectivity index (χ1) is 19.8. The number of benzene rings is 1. The van der Waals surface area contributed by atoms with E-state index in [0.717, 1.165) is 16.9 Å². The maximum atomic E-state index is 13.2. The van der Waals surface area contributed by atoms with Gasteiger partial charge in [0.15, 0.2) is 5.69 Å². The van der Waals surface area contributed by atoms with Crippen molar-refractivity contribution in [1.29, 1.82) is 0 Å². The molecule has 17 heteroatoms. The van der Waals surface area contributed by atoms with Crippen LogP contribution in [0.25, 0.3) is 6.20 Å². The van der Waals surface area contributed by atoms with E-state index in [1.807, 2.05) is 5.38 Å². The summed E-state index contributed by atoms with van der Waals surface area (Å²) >= 11 is 1.47. The summed E-state index contributed by atoms with van der Waals surface area (Å²) in [5, 5.41) is 24.0. The summed E-state index contributed by atoms with van der Waals surface area (Å²) in [7, 11) is 1.51. The molecule has 1 aromatic carbocycles. The lowest BCUT2D eigenvalue weighted by Gasteiger charge is -2.30. The molecule has 226 valence electrons. The number of nitro benzene ring substituents is 1. The van der Waals surface area contributed by atoms with Crippen LogP contribution in [0.5, 0.6) is 5.75 Å². The van der Waals surface area contributed by atoms with Gasteiger partial charge < -0.3 is 9.64 Å². The SMILES string of the molecule is COc1ccc([N+](=O)[O-])c2c1CNC(c1csc(C3CCN(C=Cn4nc(C(F)(F)F)cc4C(F)(F)F)CC3)n1)NC2. The Labute approximate surface area is 239 Å². The normalized spacial score (nSPS) is 18.7. The van der Waals surface area contributed by atoms with Crippen molar-refractivity contribution in [3.05, 3.63) is 73.1 Å². The van der Waals surface area contributed by atoms with E-state index in [1.54, 1.807) is 11.0 Å². The number of thiazole rings is 1. The van der Waals surface area contributed by atoms with Gasteiger partial charge in [0, 0.05) is 67.6 Å². The van der Waals surface area contributed by atoms with E-state index in [4.69, 9.17) is 9.72 Å². The van der Waals surface area contributed by atoms with Crippen molar-refractivity contribution in [2.75, 3.05) is 20.2 Å². The Balaban J connectivity index is 1.22. The molecule has 3 aromatic rings. The van der Waals surface area contributed by atoms with E-state index < -0.39 is 28.7 Å². The van der Waals surface area contributed by atoms with Crippen LogP contribution < -0.4 is 15.4 Å². The molecule has 42 heavy (non-hydrogen) atoms. The molecular weight excluding hydrogens is 592 g/mol. The third-order valence-corrected chi connectivity index (χ3v) is 8.22. The van der Waals surface area contributed by atoms with E-state index in [0.29, 0.717) is 49.4 Å². The van der Waals surface area contributed by atoms with Gasteiger partial charge in [-0.25, -0.2) is 9.67 Å². The van der Waals surface area contributed by atoms with Crippen LogP contribution in [0, 0.1) is 10.1 Å². The minimum atomic E-state index is -5.00. The smallest absolute Gasteiger partial charge is 0.435 e. The number of ether oxygens (including phenoxy) is 1. The summed E-state index contributed by atoms with van der Waals surface area (Å²) in [4.78, 5) is 17.6. The molecule has 1 atom stereocenters. The van der Waals surface area contributed by atoms with Gasteiger partial charge in [-0.05, 0) is 18.9 Å². The molecule has 0 bridgehead atoms. The molecule has 5 rings (SSSR count). The molecule has 2 aromatic heterocycles. The van der Waals surface area contributed by atoms with Crippen molar-refractivity contribution in [2.24, 2.45) is 0 Å². The summed E-state index contributed by atoms with van der Waals surface area (Å²) in [6.07, 6.45) is -6.89. The Bertz CT molecular complexity index is 1480. The number of likely N-dealkylation sites (tertiary alicyclic amines) is 1. The van der Waals surface area contributed by atoms with E-state index in [-0.39, 0.29) is 35.1 Å². The van der Waals surface area contributed by atoms with Gasteiger partial charge in [0.05, 0.1) is 28.3 Å². The Hall–Kier alpha value is -3.70. The lowest BCUT2D eigenvalue weighted by atomic mass is 9.98. The predicted octanol–water partition coefficient (Wildman–Crippen LogP) is 5.49. The summed E-state index contributed by atoms with van der Waals surface area (Å²) < 4.78 is 84.1. The number of fused-ring (bicyclic) bond motifs is 1. The molecule has 2 aliphatic heterocycles. The van der Waals surface area contributed by atoms with Crippen molar-refractivity contribution < 1.29 is 36.0 Å². The van der Waals surface area contributed by atoms with Crippen LogP contribution in [0.4, 0.5) is 32.0 Å². The number of hydrogen-bond donors (Lipinski definition) is 2.